The zero-order valence-corrected chi connectivity index (χ0v) is 11.7. The summed E-state index contributed by atoms with van der Waals surface area (Å²) in [7, 11) is 1.97. The minimum absolute atomic E-state index is 0.157. The Morgan fingerprint density at radius 1 is 1.21 bits per heavy atom. The quantitative estimate of drug-likeness (QED) is 0.792. The second-order valence-electron chi connectivity index (χ2n) is 4.49. The molecule has 0 saturated heterocycles. The minimum Gasteiger partial charge on any atom is -0.309 e. The van der Waals surface area contributed by atoms with Gasteiger partial charge in [-0.25, -0.2) is 4.98 Å². The van der Waals surface area contributed by atoms with Crippen LogP contribution in [0.25, 0.3) is 10.9 Å². The molecule has 3 aromatic rings. The van der Waals surface area contributed by atoms with Crippen LogP contribution in [0.2, 0.25) is 0 Å². The maximum absolute atomic E-state index is 4.53. The molecule has 0 saturated carbocycles. The first-order chi connectivity index (χ1) is 9.29. The van der Waals surface area contributed by atoms with E-state index in [-0.39, 0.29) is 6.04 Å². The van der Waals surface area contributed by atoms with E-state index < -0.39 is 0 Å². The number of pyridine rings is 1. The number of aromatic nitrogens is 2. The number of rotatable bonds is 3. The Kier molecular flexibility index (Phi) is 3.27. The van der Waals surface area contributed by atoms with Crippen LogP contribution in [0, 0.1) is 6.92 Å². The van der Waals surface area contributed by atoms with Crippen molar-refractivity contribution in [3.05, 3.63) is 58.2 Å². The summed E-state index contributed by atoms with van der Waals surface area (Å²) in [6, 6.07) is 10.5. The zero-order chi connectivity index (χ0) is 13.2. The van der Waals surface area contributed by atoms with E-state index in [9.17, 15) is 0 Å². The van der Waals surface area contributed by atoms with Gasteiger partial charge < -0.3 is 5.32 Å². The molecule has 0 radical (unpaired) electrons. The second kappa shape index (κ2) is 5.07. The summed E-state index contributed by atoms with van der Waals surface area (Å²) >= 11 is 1.68. The van der Waals surface area contributed by atoms with Crippen LogP contribution in [0.3, 0.4) is 0 Å². The third-order valence-corrected chi connectivity index (χ3v) is 4.27. The van der Waals surface area contributed by atoms with Crippen molar-refractivity contribution in [3.8, 4) is 0 Å². The highest BCUT2D eigenvalue weighted by Crippen LogP contribution is 2.28. The molecular weight excluding hydrogens is 254 g/mol. The maximum Gasteiger partial charge on any atom is 0.0798 e. The summed E-state index contributed by atoms with van der Waals surface area (Å²) in [5.41, 5.74) is 5.18. The topological polar surface area (TPSA) is 37.8 Å². The smallest absolute Gasteiger partial charge is 0.0798 e. The number of para-hydroxylation sites is 1. The third-order valence-electron chi connectivity index (χ3n) is 3.28. The number of hydrogen-bond donors (Lipinski definition) is 1. The Balaban J connectivity index is 2.09. The molecule has 1 unspecified atom stereocenters. The first-order valence-corrected chi connectivity index (χ1v) is 7.09. The first kappa shape index (κ1) is 12.3. The lowest BCUT2D eigenvalue weighted by atomic mass is 10.0. The molecule has 0 amide bonds. The van der Waals surface area contributed by atoms with Gasteiger partial charge in [0.15, 0.2) is 0 Å². The molecule has 1 atom stereocenters. The Labute approximate surface area is 116 Å². The molecule has 2 aromatic heterocycles. The highest BCUT2D eigenvalue weighted by Gasteiger charge is 2.17. The summed E-state index contributed by atoms with van der Waals surface area (Å²) in [5, 5.41) is 4.53. The molecule has 3 rings (SSSR count). The van der Waals surface area contributed by atoms with Crippen molar-refractivity contribution in [2.24, 2.45) is 0 Å². The van der Waals surface area contributed by atoms with Gasteiger partial charge >= 0.3 is 0 Å². The van der Waals surface area contributed by atoms with Crippen molar-refractivity contribution in [1.29, 1.82) is 0 Å². The fourth-order valence-corrected chi connectivity index (χ4v) is 3.22. The van der Waals surface area contributed by atoms with Gasteiger partial charge in [-0.3, -0.25) is 4.98 Å². The second-order valence-corrected chi connectivity index (χ2v) is 5.37. The Hall–Kier alpha value is -1.78. The van der Waals surface area contributed by atoms with Crippen LogP contribution in [0.1, 0.15) is 22.2 Å². The number of fused-ring (bicyclic) bond motifs is 1. The van der Waals surface area contributed by atoms with Crippen LogP contribution >= 0.6 is 11.3 Å². The van der Waals surface area contributed by atoms with E-state index >= 15 is 0 Å². The monoisotopic (exact) mass is 269 g/mol. The van der Waals surface area contributed by atoms with Gasteiger partial charge in [-0.2, -0.15) is 0 Å². The van der Waals surface area contributed by atoms with Crippen molar-refractivity contribution in [3.63, 3.8) is 0 Å². The fourth-order valence-electron chi connectivity index (χ4n) is 2.28. The Morgan fingerprint density at radius 2 is 2.05 bits per heavy atom. The SMILES string of the molecule is CNC(c1cnc2ccccc2c1)c1scnc1C. The molecule has 0 aliphatic rings. The molecule has 0 aliphatic heterocycles. The van der Waals surface area contributed by atoms with E-state index in [1.165, 1.54) is 15.8 Å². The maximum atomic E-state index is 4.53. The van der Waals surface area contributed by atoms with Crippen LogP contribution in [-0.4, -0.2) is 17.0 Å². The van der Waals surface area contributed by atoms with Crippen molar-refractivity contribution >= 4 is 22.2 Å². The number of hydrogen-bond acceptors (Lipinski definition) is 4. The summed E-state index contributed by atoms with van der Waals surface area (Å²) in [5.74, 6) is 0. The minimum atomic E-state index is 0.157. The fraction of sp³-hybridized carbons (Fsp3) is 0.200. The standard InChI is InChI=1S/C15H15N3S/c1-10-15(19-9-18-10)14(16-2)12-7-11-5-3-4-6-13(11)17-8-12/h3-9,14,16H,1-2H3. The summed E-state index contributed by atoms with van der Waals surface area (Å²) < 4.78 is 0. The molecule has 0 aliphatic carbocycles. The predicted molar refractivity (Wildman–Crippen MR) is 79.5 cm³/mol. The van der Waals surface area contributed by atoms with E-state index in [0.717, 1.165) is 11.2 Å². The van der Waals surface area contributed by atoms with E-state index in [4.69, 9.17) is 0 Å². The largest absolute Gasteiger partial charge is 0.309 e. The molecule has 96 valence electrons. The third kappa shape index (κ3) is 2.25. The molecule has 1 aromatic carbocycles. The van der Waals surface area contributed by atoms with Crippen molar-refractivity contribution in [2.45, 2.75) is 13.0 Å². The number of aryl methyl sites for hydroxylation is 1. The van der Waals surface area contributed by atoms with Crippen molar-refractivity contribution in [2.75, 3.05) is 7.05 Å². The normalized spacial score (nSPS) is 12.7. The van der Waals surface area contributed by atoms with Gasteiger partial charge in [-0.1, -0.05) is 18.2 Å². The van der Waals surface area contributed by atoms with Gasteiger partial charge in [0, 0.05) is 16.5 Å². The Morgan fingerprint density at radius 3 is 2.79 bits per heavy atom. The van der Waals surface area contributed by atoms with Crippen LogP contribution in [-0.2, 0) is 0 Å². The average molecular weight is 269 g/mol. The lowest BCUT2D eigenvalue weighted by molar-refractivity contribution is 0.696. The van der Waals surface area contributed by atoms with Gasteiger partial charge in [0.1, 0.15) is 0 Å². The van der Waals surface area contributed by atoms with Crippen LogP contribution in [0.5, 0.6) is 0 Å². The molecule has 0 fully saturated rings. The van der Waals surface area contributed by atoms with Gasteiger partial charge in [0.2, 0.25) is 0 Å². The molecule has 0 bridgehead atoms. The molecule has 3 nitrogen and oxygen atoms in total. The van der Waals surface area contributed by atoms with Gasteiger partial charge in [-0.05, 0) is 31.7 Å². The summed E-state index contributed by atoms with van der Waals surface area (Å²) in [6.07, 6.45) is 1.95. The van der Waals surface area contributed by atoms with Gasteiger partial charge in [0.05, 0.1) is 22.8 Å². The molecular formula is C15H15N3S. The van der Waals surface area contributed by atoms with Crippen molar-refractivity contribution in [1.82, 2.24) is 15.3 Å². The van der Waals surface area contributed by atoms with Gasteiger partial charge in [0.25, 0.3) is 0 Å². The Bertz CT molecular complexity index is 705. The molecule has 4 heteroatoms. The van der Waals surface area contributed by atoms with E-state index in [1.807, 2.05) is 43.9 Å². The number of thiazole rings is 1. The highest BCUT2D eigenvalue weighted by molar-refractivity contribution is 7.09. The molecule has 2 heterocycles. The average Bonchev–Trinajstić information content (AvgIpc) is 2.86. The van der Waals surface area contributed by atoms with Crippen LogP contribution < -0.4 is 5.32 Å². The number of nitrogens with zero attached hydrogens (tertiary/aromatic N) is 2. The van der Waals surface area contributed by atoms with Crippen LogP contribution in [0.4, 0.5) is 0 Å². The van der Waals surface area contributed by atoms with E-state index in [0.29, 0.717) is 0 Å². The molecule has 0 spiro atoms. The van der Waals surface area contributed by atoms with Crippen molar-refractivity contribution < 1.29 is 0 Å². The van der Waals surface area contributed by atoms with E-state index in [2.05, 4.69) is 27.4 Å². The lowest BCUT2D eigenvalue weighted by Crippen LogP contribution is -2.17. The van der Waals surface area contributed by atoms with E-state index in [1.54, 1.807) is 11.3 Å². The van der Waals surface area contributed by atoms with Gasteiger partial charge in [-0.15, -0.1) is 11.3 Å². The lowest BCUT2D eigenvalue weighted by Gasteiger charge is -2.16. The van der Waals surface area contributed by atoms with Crippen LogP contribution in [0.15, 0.2) is 42.0 Å². The number of benzene rings is 1. The summed E-state index contributed by atoms with van der Waals surface area (Å²) in [6.45, 7) is 2.05. The zero-order valence-electron chi connectivity index (χ0n) is 10.9. The summed E-state index contributed by atoms with van der Waals surface area (Å²) in [4.78, 5) is 10.1. The molecule has 1 N–H and O–H groups in total. The predicted octanol–water partition coefficient (Wildman–Crippen LogP) is 3.31. The molecule has 19 heavy (non-hydrogen) atoms. The first-order valence-electron chi connectivity index (χ1n) is 6.21. The number of nitrogens with one attached hydrogen (secondary N) is 1. The highest BCUT2D eigenvalue weighted by atomic mass is 32.1.